The molecule has 2 rings (SSSR count). The fraction of sp³-hybridized carbons (Fsp3) is 0.526. The molecule has 1 heterocycles. The molecular weight excluding hydrogens is 403 g/mol. The summed E-state index contributed by atoms with van der Waals surface area (Å²) >= 11 is 5.95. The Bertz CT molecular complexity index is 692. The SMILES string of the molecule is CC(C)[C@H](N)C(=O)NCC(=O)N1CCN(C(=O)Cc2cccc(Cl)c2)CC1.Cl. The van der Waals surface area contributed by atoms with Gasteiger partial charge in [-0.3, -0.25) is 14.4 Å². The van der Waals surface area contributed by atoms with Crippen molar-refractivity contribution in [1.29, 1.82) is 0 Å². The first-order chi connectivity index (χ1) is 12.8. The first-order valence-electron chi connectivity index (χ1n) is 9.11. The highest BCUT2D eigenvalue weighted by Crippen LogP contribution is 2.13. The van der Waals surface area contributed by atoms with E-state index in [0.29, 0.717) is 31.2 Å². The van der Waals surface area contributed by atoms with Crippen LogP contribution >= 0.6 is 24.0 Å². The molecule has 0 spiro atoms. The molecule has 3 amide bonds. The molecule has 1 atom stereocenters. The molecule has 1 aliphatic rings. The number of amides is 3. The van der Waals surface area contributed by atoms with Crippen LogP contribution < -0.4 is 11.1 Å². The maximum atomic E-state index is 12.4. The minimum absolute atomic E-state index is 0. The van der Waals surface area contributed by atoms with Crippen LogP contribution in [-0.4, -0.2) is 66.3 Å². The largest absolute Gasteiger partial charge is 0.346 e. The van der Waals surface area contributed by atoms with Gasteiger partial charge in [-0.2, -0.15) is 0 Å². The molecule has 0 aliphatic carbocycles. The summed E-state index contributed by atoms with van der Waals surface area (Å²) in [5.41, 5.74) is 6.63. The van der Waals surface area contributed by atoms with E-state index < -0.39 is 6.04 Å². The zero-order chi connectivity index (χ0) is 20.0. The number of piperazine rings is 1. The summed E-state index contributed by atoms with van der Waals surface area (Å²) < 4.78 is 0. The zero-order valence-electron chi connectivity index (χ0n) is 16.2. The number of carbonyl (C=O) groups excluding carboxylic acids is 3. The van der Waals surface area contributed by atoms with Gasteiger partial charge >= 0.3 is 0 Å². The van der Waals surface area contributed by atoms with Gasteiger partial charge in [-0.15, -0.1) is 12.4 Å². The van der Waals surface area contributed by atoms with E-state index in [1.165, 1.54) is 0 Å². The van der Waals surface area contributed by atoms with Crippen molar-refractivity contribution in [1.82, 2.24) is 15.1 Å². The normalized spacial score (nSPS) is 15.0. The predicted octanol–water partition coefficient (Wildman–Crippen LogP) is 1.07. The number of benzene rings is 1. The maximum Gasteiger partial charge on any atom is 0.242 e. The van der Waals surface area contributed by atoms with Crippen LogP contribution in [0.4, 0.5) is 0 Å². The van der Waals surface area contributed by atoms with Crippen LogP contribution in [0.15, 0.2) is 24.3 Å². The molecule has 1 aromatic carbocycles. The summed E-state index contributed by atoms with van der Waals surface area (Å²) in [4.78, 5) is 39.9. The summed E-state index contributed by atoms with van der Waals surface area (Å²) in [5, 5.41) is 3.19. The topological polar surface area (TPSA) is 95.7 Å². The second-order valence-electron chi connectivity index (χ2n) is 7.06. The molecule has 0 radical (unpaired) electrons. The van der Waals surface area contributed by atoms with E-state index in [9.17, 15) is 14.4 Å². The molecule has 0 saturated carbocycles. The van der Waals surface area contributed by atoms with E-state index >= 15 is 0 Å². The average molecular weight is 431 g/mol. The van der Waals surface area contributed by atoms with Gasteiger partial charge in [0.2, 0.25) is 17.7 Å². The number of carbonyl (C=O) groups is 3. The molecule has 0 unspecified atom stereocenters. The van der Waals surface area contributed by atoms with Gasteiger partial charge in [0.15, 0.2) is 0 Å². The molecule has 0 bridgehead atoms. The van der Waals surface area contributed by atoms with Gasteiger partial charge in [0, 0.05) is 31.2 Å². The fourth-order valence-electron chi connectivity index (χ4n) is 2.83. The first-order valence-corrected chi connectivity index (χ1v) is 9.49. The van der Waals surface area contributed by atoms with Gasteiger partial charge in [-0.25, -0.2) is 0 Å². The van der Waals surface area contributed by atoms with Crippen LogP contribution in [0.3, 0.4) is 0 Å². The van der Waals surface area contributed by atoms with Crippen molar-refractivity contribution in [2.45, 2.75) is 26.3 Å². The van der Waals surface area contributed by atoms with Crippen molar-refractivity contribution in [2.24, 2.45) is 11.7 Å². The highest BCUT2D eigenvalue weighted by Gasteiger charge is 2.25. The van der Waals surface area contributed by atoms with Crippen molar-refractivity contribution in [3.05, 3.63) is 34.9 Å². The van der Waals surface area contributed by atoms with Crippen molar-refractivity contribution in [3.63, 3.8) is 0 Å². The van der Waals surface area contributed by atoms with Crippen molar-refractivity contribution >= 4 is 41.7 Å². The monoisotopic (exact) mass is 430 g/mol. The second-order valence-corrected chi connectivity index (χ2v) is 7.49. The average Bonchev–Trinajstić information content (AvgIpc) is 2.65. The van der Waals surface area contributed by atoms with Crippen LogP contribution in [0.2, 0.25) is 5.02 Å². The summed E-state index contributed by atoms with van der Waals surface area (Å²) in [7, 11) is 0. The number of hydrogen-bond acceptors (Lipinski definition) is 4. The van der Waals surface area contributed by atoms with Gasteiger partial charge in [-0.05, 0) is 23.6 Å². The van der Waals surface area contributed by atoms with Crippen LogP contribution in [0.5, 0.6) is 0 Å². The second kappa shape index (κ2) is 11.2. The number of halogens is 2. The van der Waals surface area contributed by atoms with Gasteiger partial charge < -0.3 is 20.9 Å². The van der Waals surface area contributed by atoms with E-state index in [1.807, 2.05) is 26.0 Å². The predicted molar refractivity (Wildman–Crippen MR) is 111 cm³/mol. The summed E-state index contributed by atoms with van der Waals surface area (Å²) in [6.07, 6.45) is 0.289. The van der Waals surface area contributed by atoms with E-state index in [1.54, 1.807) is 21.9 Å². The number of nitrogens with zero attached hydrogens (tertiary/aromatic N) is 2. The number of rotatable bonds is 6. The lowest BCUT2D eigenvalue weighted by atomic mass is 10.1. The smallest absolute Gasteiger partial charge is 0.242 e. The van der Waals surface area contributed by atoms with E-state index in [-0.39, 0.29) is 49.0 Å². The number of hydrogen-bond donors (Lipinski definition) is 2. The van der Waals surface area contributed by atoms with Gasteiger partial charge in [0.05, 0.1) is 19.0 Å². The van der Waals surface area contributed by atoms with Crippen molar-refractivity contribution in [2.75, 3.05) is 32.7 Å². The van der Waals surface area contributed by atoms with Gasteiger partial charge in [0.25, 0.3) is 0 Å². The highest BCUT2D eigenvalue weighted by molar-refractivity contribution is 6.30. The lowest BCUT2D eigenvalue weighted by Crippen LogP contribution is -2.54. The lowest BCUT2D eigenvalue weighted by molar-refractivity contribution is -0.139. The Morgan fingerprint density at radius 3 is 2.21 bits per heavy atom. The molecule has 1 aliphatic heterocycles. The third-order valence-electron chi connectivity index (χ3n) is 4.66. The van der Waals surface area contributed by atoms with Gasteiger partial charge in [-0.1, -0.05) is 37.6 Å². The van der Waals surface area contributed by atoms with Crippen LogP contribution in [0, 0.1) is 5.92 Å². The van der Waals surface area contributed by atoms with Crippen LogP contribution in [0.25, 0.3) is 0 Å². The van der Waals surface area contributed by atoms with E-state index in [4.69, 9.17) is 17.3 Å². The molecule has 7 nitrogen and oxygen atoms in total. The van der Waals surface area contributed by atoms with Gasteiger partial charge in [0.1, 0.15) is 0 Å². The molecule has 1 saturated heterocycles. The minimum Gasteiger partial charge on any atom is -0.346 e. The Kier molecular flexibility index (Phi) is 9.72. The Morgan fingerprint density at radius 1 is 1.11 bits per heavy atom. The molecule has 9 heteroatoms. The molecule has 28 heavy (non-hydrogen) atoms. The minimum atomic E-state index is -0.626. The molecule has 1 fully saturated rings. The van der Waals surface area contributed by atoms with Crippen molar-refractivity contribution in [3.8, 4) is 0 Å². The Labute approximate surface area is 177 Å². The Morgan fingerprint density at radius 2 is 1.68 bits per heavy atom. The van der Waals surface area contributed by atoms with Crippen LogP contribution in [-0.2, 0) is 20.8 Å². The van der Waals surface area contributed by atoms with E-state index in [0.717, 1.165) is 5.56 Å². The third kappa shape index (κ3) is 6.96. The molecule has 1 aromatic rings. The standard InChI is InChI=1S/C19H27ClN4O3.ClH/c1-13(2)18(21)19(27)22-12-17(26)24-8-6-23(7-9-24)16(25)11-14-4-3-5-15(20)10-14;/h3-5,10,13,18H,6-9,11-12,21H2,1-2H3,(H,22,27);1H/t18-;/m0./s1. The lowest BCUT2D eigenvalue weighted by Gasteiger charge is -2.35. The fourth-order valence-corrected chi connectivity index (χ4v) is 3.05. The molecule has 0 aromatic heterocycles. The van der Waals surface area contributed by atoms with Crippen LogP contribution in [0.1, 0.15) is 19.4 Å². The summed E-state index contributed by atoms with van der Waals surface area (Å²) in [6, 6.07) is 6.62. The number of nitrogens with two attached hydrogens (primary N) is 1. The quantitative estimate of drug-likeness (QED) is 0.705. The third-order valence-corrected chi connectivity index (χ3v) is 4.90. The maximum absolute atomic E-state index is 12.4. The first kappa shape index (κ1) is 24.2. The van der Waals surface area contributed by atoms with Crippen molar-refractivity contribution < 1.29 is 14.4 Å². The zero-order valence-corrected chi connectivity index (χ0v) is 17.8. The Balaban J connectivity index is 0.00000392. The molecule has 3 N–H and O–H groups in total. The molecule has 156 valence electrons. The number of nitrogens with one attached hydrogen (secondary N) is 1. The van der Waals surface area contributed by atoms with E-state index in [2.05, 4.69) is 5.32 Å². The summed E-state index contributed by atoms with van der Waals surface area (Å²) in [6.45, 7) is 5.49. The molecular formula is C19H28Cl2N4O3. The summed E-state index contributed by atoms with van der Waals surface area (Å²) in [5.74, 6) is -0.468. The Hall–Kier alpha value is -1.83. The highest BCUT2D eigenvalue weighted by atomic mass is 35.5.